The second kappa shape index (κ2) is 9.66. The number of urea groups is 1. The van der Waals surface area contributed by atoms with Gasteiger partial charge in [-0.05, 0) is 48.0 Å². The maximum absolute atomic E-state index is 12.3. The largest absolute Gasteiger partial charge is 0.493 e. The lowest BCUT2D eigenvalue weighted by Gasteiger charge is -2.13. The number of halogens is 1. The number of pyridine rings is 1. The third-order valence-electron chi connectivity index (χ3n) is 3.93. The first-order valence-electron chi connectivity index (χ1n) is 8.71. The summed E-state index contributed by atoms with van der Waals surface area (Å²) in [4.78, 5) is 16.5. The molecule has 2 N–H and O–H groups in total. The van der Waals surface area contributed by atoms with E-state index in [1.54, 1.807) is 62.9 Å². The quantitative estimate of drug-likeness (QED) is 0.571. The molecular formula is C21H20ClN3O4. The lowest BCUT2D eigenvalue weighted by Crippen LogP contribution is -2.20. The van der Waals surface area contributed by atoms with E-state index < -0.39 is 6.03 Å². The minimum atomic E-state index is -0.457. The van der Waals surface area contributed by atoms with Crippen LogP contribution in [0.1, 0.15) is 5.56 Å². The van der Waals surface area contributed by atoms with Gasteiger partial charge in [0.2, 0.25) is 0 Å². The molecule has 0 radical (unpaired) electrons. The Bertz CT molecular complexity index is 997. The number of methoxy groups -OCH3 is 2. The van der Waals surface area contributed by atoms with Gasteiger partial charge in [0.15, 0.2) is 23.1 Å². The predicted molar refractivity (Wildman–Crippen MR) is 112 cm³/mol. The molecule has 150 valence electrons. The first-order valence-corrected chi connectivity index (χ1v) is 9.09. The van der Waals surface area contributed by atoms with Crippen molar-refractivity contribution in [1.82, 2.24) is 4.98 Å². The minimum absolute atomic E-state index is 0.261. The van der Waals surface area contributed by atoms with Crippen LogP contribution in [0, 0.1) is 0 Å². The van der Waals surface area contributed by atoms with E-state index in [4.69, 9.17) is 25.8 Å². The summed E-state index contributed by atoms with van der Waals surface area (Å²) >= 11 is 5.93. The molecule has 0 fully saturated rings. The Balaban J connectivity index is 1.66. The van der Waals surface area contributed by atoms with Crippen molar-refractivity contribution in [1.29, 1.82) is 0 Å². The fourth-order valence-corrected chi connectivity index (χ4v) is 2.76. The van der Waals surface area contributed by atoms with Gasteiger partial charge in [-0.25, -0.2) is 9.78 Å². The molecule has 0 bridgehead atoms. The summed E-state index contributed by atoms with van der Waals surface area (Å²) in [6.45, 7) is 0.261. The van der Waals surface area contributed by atoms with Gasteiger partial charge in [0.25, 0.3) is 0 Å². The standard InChI is InChI=1S/C21H20ClN3O4/c1-27-17-9-8-14(11-19(17)28-2)13-29-18-7-4-10-23-20(18)25-21(26)24-16-6-3-5-15(22)12-16/h3-12H,13H2,1-2H3,(H2,23,24,25,26). The molecule has 3 rings (SSSR count). The molecule has 1 heterocycles. The van der Waals surface area contributed by atoms with Crippen molar-refractivity contribution in [2.75, 3.05) is 24.9 Å². The smallest absolute Gasteiger partial charge is 0.324 e. The number of amides is 2. The molecule has 0 atom stereocenters. The highest BCUT2D eigenvalue weighted by Crippen LogP contribution is 2.29. The van der Waals surface area contributed by atoms with Gasteiger partial charge in [-0.2, -0.15) is 0 Å². The number of hydrogen-bond acceptors (Lipinski definition) is 5. The molecule has 2 aromatic carbocycles. The van der Waals surface area contributed by atoms with E-state index in [1.807, 2.05) is 12.1 Å². The average Bonchev–Trinajstić information content (AvgIpc) is 2.72. The molecule has 2 amide bonds. The maximum Gasteiger partial charge on any atom is 0.324 e. The monoisotopic (exact) mass is 413 g/mol. The molecule has 7 nitrogen and oxygen atoms in total. The van der Waals surface area contributed by atoms with Gasteiger partial charge in [-0.1, -0.05) is 23.7 Å². The highest BCUT2D eigenvalue weighted by atomic mass is 35.5. The molecule has 29 heavy (non-hydrogen) atoms. The SMILES string of the molecule is COc1ccc(COc2cccnc2NC(=O)Nc2cccc(Cl)c2)cc1OC. The van der Waals surface area contributed by atoms with Crippen LogP contribution in [0.5, 0.6) is 17.2 Å². The van der Waals surface area contributed by atoms with Gasteiger partial charge < -0.3 is 19.5 Å². The van der Waals surface area contributed by atoms with Crippen molar-refractivity contribution >= 4 is 29.1 Å². The summed E-state index contributed by atoms with van der Waals surface area (Å²) in [6, 6.07) is 15.4. The van der Waals surface area contributed by atoms with Crippen LogP contribution in [-0.4, -0.2) is 25.2 Å². The predicted octanol–water partition coefficient (Wildman–Crippen LogP) is 4.98. The number of aromatic nitrogens is 1. The van der Waals surface area contributed by atoms with Gasteiger partial charge in [0, 0.05) is 16.9 Å². The Morgan fingerprint density at radius 1 is 0.966 bits per heavy atom. The van der Waals surface area contributed by atoms with Gasteiger partial charge >= 0.3 is 6.03 Å². The fourth-order valence-electron chi connectivity index (χ4n) is 2.57. The lowest BCUT2D eigenvalue weighted by molar-refractivity contribution is 0.261. The molecule has 0 saturated carbocycles. The highest BCUT2D eigenvalue weighted by Gasteiger charge is 2.11. The van der Waals surface area contributed by atoms with Crippen LogP contribution in [0.2, 0.25) is 5.02 Å². The Labute approximate surface area is 173 Å². The van der Waals surface area contributed by atoms with Gasteiger partial charge in [-0.3, -0.25) is 5.32 Å². The molecule has 0 unspecified atom stereocenters. The molecule has 0 saturated heterocycles. The number of benzene rings is 2. The van der Waals surface area contributed by atoms with E-state index in [-0.39, 0.29) is 6.61 Å². The zero-order chi connectivity index (χ0) is 20.6. The number of carbonyl (C=O) groups excluding carboxylic acids is 1. The summed E-state index contributed by atoms with van der Waals surface area (Å²) in [6.07, 6.45) is 1.57. The van der Waals surface area contributed by atoms with E-state index in [0.717, 1.165) is 5.56 Å². The van der Waals surface area contributed by atoms with Gasteiger partial charge in [-0.15, -0.1) is 0 Å². The third-order valence-corrected chi connectivity index (χ3v) is 4.16. The van der Waals surface area contributed by atoms with Crippen molar-refractivity contribution in [2.24, 2.45) is 0 Å². The second-order valence-corrected chi connectivity index (χ2v) is 6.35. The zero-order valence-corrected chi connectivity index (χ0v) is 16.7. The Kier molecular flexibility index (Phi) is 6.76. The topological polar surface area (TPSA) is 81.7 Å². The number of nitrogens with one attached hydrogen (secondary N) is 2. The van der Waals surface area contributed by atoms with Crippen LogP contribution in [0.25, 0.3) is 0 Å². The second-order valence-electron chi connectivity index (χ2n) is 5.92. The molecule has 0 aliphatic rings. The first kappa shape index (κ1) is 20.3. The fraction of sp³-hybridized carbons (Fsp3) is 0.143. The number of nitrogens with zero attached hydrogens (tertiary/aromatic N) is 1. The van der Waals surface area contributed by atoms with Crippen molar-refractivity contribution in [2.45, 2.75) is 6.61 Å². The van der Waals surface area contributed by atoms with E-state index in [9.17, 15) is 4.79 Å². The van der Waals surface area contributed by atoms with E-state index in [0.29, 0.717) is 33.8 Å². The number of ether oxygens (including phenoxy) is 3. The van der Waals surface area contributed by atoms with Crippen molar-refractivity contribution in [3.05, 3.63) is 71.4 Å². The van der Waals surface area contributed by atoms with Gasteiger partial charge in [0.1, 0.15) is 6.61 Å². The van der Waals surface area contributed by atoms with E-state index in [1.165, 1.54) is 0 Å². The Morgan fingerprint density at radius 3 is 2.55 bits per heavy atom. The van der Waals surface area contributed by atoms with Crippen LogP contribution in [0.15, 0.2) is 60.8 Å². The van der Waals surface area contributed by atoms with Crippen molar-refractivity contribution in [3.8, 4) is 17.2 Å². The molecule has 0 aliphatic heterocycles. The molecule has 1 aromatic heterocycles. The summed E-state index contributed by atoms with van der Waals surface area (Å²) in [5.41, 5.74) is 1.44. The molecule has 0 aliphatic carbocycles. The summed E-state index contributed by atoms with van der Waals surface area (Å²) in [5, 5.41) is 5.91. The molecule has 3 aromatic rings. The normalized spacial score (nSPS) is 10.2. The van der Waals surface area contributed by atoms with Crippen LogP contribution < -0.4 is 24.8 Å². The first-order chi connectivity index (χ1) is 14.1. The Morgan fingerprint density at radius 2 is 1.79 bits per heavy atom. The number of carbonyl (C=O) groups is 1. The lowest BCUT2D eigenvalue weighted by atomic mass is 10.2. The molecule has 0 spiro atoms. The molecular weight excluding hydrogens is 394 g/mol. The number of rotatable bonds is 7. The third kappa shape index (κ3) is 5.52. The van der Waals surface area contributed by atoms with Crippen LogP contribution >= 0.6 is 11.6 Å². The Hall–Kier alpha value is -3.45. The highest BCUT2D eigenvalue weighted by molar-refractivity contribution is 6.30. The van der Waals surface area contributed by atoms with Crippen molar-refractivity contribution in [3.63, 3.8) is 0 Å². The molecule has 8 heteroatoms. The van der Waals surface area contributed by atoms with Gasteiger partial charge in [0.05, 0.1) is 14.2 Å². The number of hydrogen-bond donors (Lipinski definition) is 2. The van der Waals surface area contributed by atoms with Crippen LogP contribution in [-0.2, 0) is 6.61 Å². The average molecular weight is 414 g/mol. The van der Waals surface area contributed by atoms with E-state index in [2.05, 4.69) is 15.6 Å². The van der Waals surface area contributed by atoms with E-state index >= 15 is 0 Å². The zero-order valence-electron chi connectivity index (χ0n) is 15.9. The maximum atomic E-state index is 12.3. The van der Waals surface area contributed by atoms with Crippen LogP contribution in [0.4, 0.5) is 16.3 Å². The van der Waals surface area contributed by atoms with Crippen LogP contribution in [0.3, 0.4) is 0 Å². The number of anilines is 2. The summed E-state index contributed by atoms with van der Waals surface area (Å²) in [5.74, 6) is 1.98. The minimum Gasteiger partial charge on any atom is -0.493 e. The summed E-state index contributed by atoms with van der Waals surface area (Å²) < 4.78 is 16.4. The summed E-state index contributed by atoms with van der Waals surface area (Å²) in [7, 11) is 3.15. The van der Waals surface area contributed by atoms with Crippen molar-refractivity contribution < 1.29 is 19.0 Å².